The van der Waals surface area contributed by atoms with Crippen molar-refractivity contribution >= 4 is 34.3 Å². The molecule has 0 bridgehead atoms. The van der Waals surface area contributed by atoms with Crippen LogP contribution in [0.15, 0.2) is 101 Å². The van der Waals surface area contributed by atoms with Crippen LogP contribution in [-0.2, 0) is 6.42 Å². The van der Waals surface area contributed by atoms with Gasteiger partial charge in [-0.25, -0.2) is 0 Å². The largest absolute Gasteiger partial charge is 0.399 e. The fourth-order valence-electron chi connectivity index (χ4n) is 5.13. The van der Waals surface area contributed by atoms with Crippen LogP contribution in [0.2, 0.25) is 0 Å². The molecule has 0 saturated heterocycles. The van der Waals surface area contributed by atoms with E-state index < -0.39 is 0 Å². The third-order valence-corrected chi connectivity index (χ3v) is 7.08. The maximum absolute atomic E-state index is 6.70. The predicted molar refractivity (Wildman–Crippen MR) is 144 cm³/mol. The van der Waals surface area contributed by atoms with Gasteiger partial charge in [0, 0.05) is 17.5 Å². The first-order valence-corrected chi connectivity index (χ1v) is 11.9. The second kappa shape index (κ2) is 8.44. The first-order valence-electron chi connectivity index (χ1n) is 11.9. The molecule has 2 aliphatic carbocycles. The summed E-state index contributed by atoms with van der Waals surface area (Å²) < 4.78 is 0. The highest BCUT2D eigenvalue weighted by Crippen LogP contribution is 2.35. The number of nitrogens with zero attached hydrogens (tertiary/aromatic N) is 1. The van der Waals surface area contributed by atoms with Crippen molar-refractivity contribution in [3.8, 4) is 0 Å². The smallest absolute Gasteiger partial charge is 0.0717 e. The van der Waals surface area contributed by atoms with Crippen molar-refractivity contribution in [1.29, 1.82) is 0 Å². The minimum absolute atomic E-state index is 0.258. The Kier molecular flexibility index (Phi) is 5.12. The molecule has 1 heterocycles. The molecule has 1 aliphatic heterocycles. The average Bonchev–Trinajstić information content (AvgIpc) is 3.32. The summed E-state index contributed by atoms with van der Waals surface area (Å²) in [6.07, 6.45) is 17.5. The van der Waals surface area contributed by atoms with Crippen LogP contribution in [-0.4, -0.2) is 6.21 Å². The van der Waals surface area contributed by atoms with Gasteiger partial charge in [-0.05, 0) is 81.7 Å². The van der Waals surface area contributed by atoms with Gasteiger partial charge in [0.05, 0.1) is 11.7 Å². The van der Waals surface area contributed by atoms with Crippen molar-refractivity contribution in [3.05, 3.63) is 124 Å². The van der Waals surface area contributed by atoms with E-state index in [-0.39, 0.29) is 6.04 Å². The Bertz CT molecular complexity index is 1480. The van der Waals surface area contributed by atoms with E-state index in [0.29, 0.717) is 0 Å². The number of aliphatic imine (C=N–C) groups is 1. The van der Waals surface area contributed by atoms with Crippen molar-refractivity contribution in [2.45, 2.75) is 25.3 Å². The summed E-state index contributed by atoms with van der Waals surface area (Å²) in [7, 11) is 0. The van der Waals surface area contributed by atoms with Crippen LogP contribution in [0.4, 0.5) is 0 Å². The van der Waals surface area contributed by atoms with Crippen molar-refractivity contribution in [3.63, 3.8) is 0 Å². The Morgan fingerprint density at radius 3 is 2.38 bits per heavy atom. The van der Waals surface area contributed by atoms with E-state index in [9.17, 15) is 0 Å². The van der Waals surface area contributed by atoms with E-state index in [4.69, 9.17) is 11.5 Å². The van der Waals surface area contributed by atoms with Gasteiger partial charge >= 0.3 is 0 Å². The number of hydrogen-bond donors (Lipinski definition) is 2. The van der Waals surface area contributed by atoms with Gasteiger partial charge in [-0.1, -0.05) is 72.8 Å². The maximum Gasteiger partial charge on any atom is 0.0717 e. The van der Waals surface area contributed by atoms with Gasteiger partial charge in [0.1, 0.15) is 0 Å². The SMILES string of the molecule is N/C(=C\C(N)c1cc2c(c3ccccc13)CC=C2)C1=CC=C(c2ccc(C3=CC=N3)cc2)CC1. The Morgan fingerprint density at radius 2 is 1.68 bits per heavy atom. The van der Waals surface area contributed by atoms with E-state index in [0.717, 1.165) is 47.4 Å². The summed E-state index contributed by atoms with van der Waals surface area (Å²) in [6, 6.07) is 19.2. The van der Waals surface area contributed by atoms with Gasteiger partial charge in [0.15, 0.2) is 0 Å². The standard InChI is InChI=1S/C31H27N3/c32-29(19-30(33)28-18-24-4-3-7-25(24)26-5-1-2-6-27(26)28)22-12-8-20(9-13-22)21-10-14-23(15-11-21)31-16-17-34-31/h1-6,8,10-12,14-19,30H,7,9,13,32-33H2/b29-19-. The van der Waals surface area contributed by atoms with Gasteiger partial charge in [-0.2, -0.15) is 0 Å². The molecule has 1 atom stereocenters. The summed E-state index contributed by atoms with van der Waals surface area (Å²) >= 11 is 0. The van der Waals surface area contributed by atoms with Crippen LogP contribution in [0.3, 0.4) is 0 Å². The van der Waals surface area contributed by atoms with Crippen LogP contribution < -0.4 is 11.5 Å². The zero-order valence-corrected chi connectivity index (χ0v) is 19.0. The third kappa shape index (κ3) is 3.64. The zero-order valence-electron chi connectivity index (χ0n) is 19.0. The van der Waals surface area contributed by atoms with Crippen LogP contribution in [0.5, 0.6) is 0 Å². The van der Waals surface area contributed by atoms with E-state index in [1.807, 2.05) is 18.4 Å². The van der Waals surface area contributed by atoms with Crippen LogP contribution in [0, 0.1) is 0 Å². The van der Waals surface area contributed by atoms with Crippen molar-refractivity contribution < 1.29 is 0 Å². The molecule has 166 valence electrons. The van der Waals surface area contributed by atoms with Crippen molar-refractivity contribution in [2.75, 3.05) is 0 Å². The Morgan fingerprint density at radius 1 is 0.912 bits per heavy atom. The first kappa shape index (κ1) is 20.6. The van der Waals surface area contributed by atoms with Crippen molar-refractivity contribution in [1.82, 2.24) is 0 Å². The quantitative estimate of drug-likeness (QED) is 0.476. The molecule has 0 aromatic heterocycles. The summed E-state index contributed by atoms with van der Waals surface area (Å²) in [5, 5.41) is 2.51. The summed E-state index contributed by atoms with van der Waals surface area (Å²) in [4.78, 5) is 4.27. The molecule has 6 rings (SSSR count). The monoisotopic (exact) mass is 441 g/mol. The highest BCUT2D eigenvalue weighted by Gasteiger charge is 2.17. The van der Waals surface area contributed by atoms with Crippen LogP contribution in [0.25, 0.3) is 28.1 Å². The molecule has 4 N–H and O–H groups in total. The minimum Gasteiger partial charge on any atom is -0.399 e. The molecule has 0 saturated carbocycles. The second-order valence-electron chi connectivity index (χ2n) is 9.12. The molecule has 3 nitrogen and oxygen atoms in total. The Labute approximate surface area is 200 Å². The Balaban J connectivity index is 1.25. The fourth-order valence-corrected chi connectivity index (χ4v) is 5.13. The number of fused-ring (bicyclic) bond motifs is 3. The lowest BCUT2D eigenvalue weighted by Crippen LogP contribution is -2.13. The highest BCUT2D eigenvalue weighted by atomic mass is 14.8. The lowest BCUT2D eigenvalue weighted by Gasteiger charge is -2.19. The molecule has 0 spiro atoms. The molecule has 1 unspecified atom stereocenters. The minimum atomic E-state index is -0.258. The number of benzene rings is 3. The third-order valence-electron chi connectivity index (χ3n) is 7.08. The number of nitrogens with two attached hydrogens (primary N) is 2. The molecular weight excluding hydrogens is 414 g/mol. The summed E-state index contributed by atoms with van der Waals surface area (Å²) in [6.45, 7) is 0. The van der Waals surface area contributed by atoms with Gasteiger partial charge < -0.3 is 11.5 Å². The molecule has 3 aromatic rings. The van der Waals surface area contributed by atoms with Gasteiger partial charge in [-0.3, -0.25) is 4.99 Å². The Hall–Kier alpha value is -3.95. The average molecular weight is 442 g/mol. The lowest BCUT2D eigenvalue weighted by atomic mass is 9.89. The van der Waals surface area contributed by atoms with E-state index in [1.54, 1.807) is 0 Å². The number of allylic oxidation sites excluding steroid dienone is 6. The topological polar surface area (TPSA) is 64.4 Å². The lowest BCUT2D eigenvalue weighted by molar-refractivity contribution is 0.893. The zero-order chi connectivity index (χ0) is 23.1. The number of rotatable bonds is 5. The van der Waals surface area contributed by atoms with Crippen LogP contribution >= 0.6 is 0 Å². The first-order chi connectivity index (χ1) is 16.7. The van der Waals surface area contributed by atoms with E-state index in [1.165, 1.54) is 33.0 Å². The highest BCUT2D eigenvalue weighted by molar-refractivity contribution is 5.96. The van der Waals surface area contributed by atoms with E-state index in [2.05, 4.69) is 83.9 Å². The van der Waals surface area contributed by atoms with Crippen molar-refractivity contribution in [2.24, 2.45) is 16.5 Å². The van der Waals surface area contributed by atoms with Gasteiger partial charge in [-0.15, -0.1) is 0 Å². The summed E-state index contributed by atoms with van der Waals surface area (Å²) in [5.41, 5.74) is 23.7. The molecule has 0 amide bonds. The van der Waals surface area contributed by atoms with E-state index >= 15 is 0 Å². The molecule has 3 heteroatoms. The molecule has 0 radical (unpaired) electrons. The van der Waals surface area contributed by atoms with Crippen LogP contribution in [0.1, 0.15) is 46.7 Å². The predicted octanol–water partition coefficient (Wildman–Crippen LogP) is 6.48. The molecule has 3 aliphatic rings. The fraction of sp³-hybridized carbons (Fsp3) is 0.129. The molecule has 34 heavy (non-hydrogen) atoms. The normalized spacial score (nSPS) is 17.7. The summed E-state index contributed by atoms with van der Waals surface area (Å²) in [5.74, 6) is 0. The number of hydrogen-bond acceptors (Lipinski definition) is 3. The molecule has 3 aromatic carbocycles. The maximum atomic E-state index is 6.70. The molecular formula is C31H27N3. The van der Waals surface area contributed by atoms with Gasteiger partial charge in [0.2, 0.25) is 0 Å². The molecule has 0 fully saturated rings. The van der Waals surface area contributed by atoms with Gasteiger partial charge in [0.25, 0.3) is 0 Å². The second-order valence-corrected chi connectivity index (χ2v) is 9.12.